The molecule has 0 aliphatic heterocycles. The van der Waals surface area contributed by atoms with E-state index in [1.807, 2.05) is 20.8 Å². The molecule has 3 aromatic rings. The van der Waals surface area contributed by atoms with Gasteiger partial charge in [0.2, 0.25) is 0 Å². The standard InChI is InChI=1S/C21H27FN4O2.HI/c1-5-17-16(18(6-2)28-26-17)11-24-21(23-7-3)25-12-20-13(4)15-10-14(22)8-9-19(15)27-20;/h8-10H,5-7,11-12H2,1-4H3,(H2,23,24,25);1H. The molecule has 0 spiro atoms. The Balaban J connectivity index is 0.00000300. The van der Waals surface area contributed by atoms with Crippen molar-refractivity contribution in [3.05, 3.63) is 52.4 Å². The molecular formula is C21H28FIN4O2. The Labute approximate surface area is 187 Å². The summed E-state index contributed by atoms with van der Waals surface area (Å²) in [5.74, 6) is 2.06. The van der Waals surface area contributed by atoms with Gasteiger partial charge in [-0.15, -0.1) is 24.0 Å². The number of furan rings is 1. The fourth-order valence-corrected chi connectivity index (χ4v) is 3.19. The van der Waals surface area contributed by atoms with Crippen LogP contribution in [0.5, 0.6) is 0 Å². The van der Waals surface area contributed by atoms with Gasteiger partial charge in [0.1, 0.15) is 22.9 Å². The summed E-state index contributed by atoms with van der Waals surface area (Å²) < 4.78 is 24.8. The Bertz CT molecular complexity index is 959. The van der Waals surface area contributed by atoms with Crippen LogP contribution in [0.1, 0.15) is 49.1 Å². The largest absolute Gasteiger partial charge is 0.459 e. The maximum atomic E-state index is 13.5. The second kappa shape index (κ2) is 10.6. The molecule has 0 bridgehead atoms. The number of fused-ring (bicyclic) bond motifs is 1. The predicted octanol–water partition coefficient (Wildman–Crippen LogP) is 4.87. The lowest BCUT2D eigenvalue weighted by Crippen LogP contribution is -2.36. The van der Waals surface area contributed by atoms with Gasteiger partial charge in [0, 0.05) is 29.5 Å². The lowest BCUT2D eigenvalue weighted by molar-refractivity contribution is 0.380. The Hall–Kier alpha value is -2.10. The Morgan fingerprint density at radius 2 is 1.93 bits per heavy atom. The molecule has 0 aliphatic carbocycles. The minimum Gasteiger partial charge on any atom is -0.459 e. The number of aromatic nitrogens is 1. The van der Waals surface area contributed by atoms with E-state index in [0.717, 1.165) is 53.1 Å². The van der Waals surface area contributed by atoms with Crippen LogP contribution >= 0.6 is 24.0 Å². The molecule has 0 saturated heterocycles. The molecule has 0 amide bonds. The van der Waals surface area contributed by atoms with Gasteiger partial charge in [-0.25, -0.2) is 9.38 Å². The van der Waals surface area contributed by atoms with E-state index in [9.17, 15) is 4.39 Å². The normalized spacial score (nSPS) is 11.6. The number of nitrogens with zero attached hydrogens (tertiary/aromatic N) is 2. The van der Waals surface area contributed by atoms with Gasteiger partial charge in [-0.3, -0.25) is 0 Å². The number of aryl methyl sites for hydroxylation is 3. The van der Waals surface area contributed by atoms with Crippen LogP contribution in [0.3, 0.4) is 0 Å². The molecule has 0 fully saturated rings. The molecule has 158 valence electrons. The quantitative estimate of drug-likeness (QED) is 0.268. The van der Waals surface area contributed by atoms with Gasteiger partial charge in [0.15, 0.2) is 5.96 Å². The van der Waals surface area contributed by atoms with E-state index in [4.69, 9.17) is 8.94 Å². The minimum absolute atomic E-state index is 0. The first-order valence-corrected chi connectivity index (χ1v) is 9.73. The van der Waals surface area contributed by atoms with Gasteiger partial charge < -0.3 is 19.6 Å². The van der Waals surface area contributed by atoms with Crippen molar-refractivity contribution >= 4 is 40.9 Å². The van der Waals surface area contributed by atoms with Gasteiger partial charge in [-0.2, -0.15) is 0 Å². The fourth-order valence-electron chi connectivity index (χ4n) is 3.19. The lowest BCUT2D eigenvalue weighted by atomic mass is 10.1. The molecule has 0 aliphatic rings. The number of rotatable bonds is 7. The SMILES string of the molecule is CCNC(=NCc1c(CC)noc1CC)NCc1oc2ccc(F)cc2c1C.I. The van der Waals surface area contributed by atoms with Crippen LogP contribution in [0.25, 0.3) is 11.0 Å². The number of hydrogen-bond acceptors (Lipinski definition) is 4. The zero-order chi connectivity index (χ0) is 20.1. The van der Waals surface area contributed by atoms with Crippen LogP contribution in [0.2, 0.25) is 0 Å². The van der Waals surface area contributed by atoms with E-state index in [1.165, 1.54) is 12.1 Å². The molecule has 1 aromatic carbocycles. The van der Waals surface area contributed by atoms with Gasteiger partial charge >= 0.3 is 0 Å². The molecule has 0 radical (unpaired) electrons. The maximum absolute atomic E-state index is 13.5. The molecular weight excluding hydrogens is 486 g/mol. The number of hydrogen-bond donors (Lipinski definition) is 2. The summed E-state index contributed by atoms with van der Waals surface area (Å²) >= 11 is 0. The zero-order valence-corrected chi connectivity index (χ0v) is 19.6. The van der Waals surface area contributed by atoms with Crippen molar-refractivity contribution in [2.75, 3.05) is 6.54 Å². The van der Waals surface area contributed by atoms with Gasteiger partial charge in [-0.1, -0.05) is 19.0 Å². The molecule has 29 heavy (non-hydrogen) atoms. The number of nitrogens with one attached hydrogen (secondary N) is 2. The average Bonchev–Trinajstić information content (AvgIpc) is 3.24. The molecule has 2 heterocycles. The second-order valence-corrected chi connectivity index (χ2v) is 6.58. The number of guanidine groups is 1. The Kier molecular flexibility index (Phi) is 8.48. The average molecular weight is 514 g/mol. The highest BCUT2D eigenvalue weighted by molar-refractivity contribution is 14.0. The topological polar surface area (TPSA) is 75.6 Å². The van der Waals surface area contributed by atoms with Crippen LogP contribution in [-0.2, 0) is 25.9 Å². The van der Waals surface area contributed by atoms with E-state index >= 15 is 0 Å². The summed E-state index contributed by atoms with van der Waals surface area (Å²) in [4.78, 5) is 4.68. The highest BCUT2D eigenvalue weighted by Gasteiger charge is 2.14. The van der Waals surface area contributed by atoms with Crippen molar-refractivity contribution in [2.45, 2.75) is 53.6 Å². The zero-order valence-electron chi connectivity index (χ0n) is 17.3. The van der Waals surface area contributed by atoms with E-state index in [2.05, 4.69) is 27.7 Å². The molecule has 6 nitrogen and oxygen atoms in total. The van der Waals surface area contributed by atoms with E-state index < -0.39 is 0 Å². The molecule has 2 aromatic heterocycles. The monoisotopic (exact) mass is 514 g/mol. The van der Waals surface area contributed by atoms with E-state index in [1.54, 1.807) is 6.07 Å². The Morgan fingerprint density at radius 3 is 2.62 bits per heavy atom. The predicted molar refractivity (Wildman–Crippen MR) is 123 cm³/mol. The highest BCUT2D eigenvalue weighted by Crippen LogP contribution is 2.25. The van der Waals surface area contributed by atoms with Crippen molar-refractivity contribution in [3.8, 4) is 0 Å². The third-order valence-electron chi connectivity index (χ3n) is 4.76. The lowest BCUT2D eigenvalue weighted by Gasteiger charge is -2.10. The van der Waals surface area contributed by atoms with Crippen molar-refractivity contribution in [3.63, 3.8) is 0 Å². The summed E-state index contributed by atoms with van der Waals surface area (Å²) in [5, 5.41) is 11.5. The van der Waals surface area contributed by atoms with Crippen molar-refractivity contribution < 1.29 is 13.3 Å². The molecule has 0 atom stereocenters. The van der Waals surface area contributed by atoms with Gasteiger partial charge in [0.25, 0.3) is 0 Å². The van der Waals surface area contributed by atoms with E-state index in [0.29, 0.717) is 24.6 Å². The van der Waals surface area contributed by atoms with Crippen molar-refractivity contribution in [1.29, 1.82) is 0 Å². The highest BCUT2D eigenvalue weighted by atomic mass is 127. The molecule has 0 saturated carbocycles. The smallest absolute Gasteiger partial charge is 0.191 e. The van der Waals surface area contributed by atoms with Crippen LogP contribution in [0.4, 0.5) is 4.39 Å². The van der Waals surface area contributed by atoms with Crippen LogP contribution in [0.15, 0.2) is 32.1 Å². The summed E-state index contributed by atoms with van der Waals surface area (Å²) in [7, 11) is 0. The molecule has 8 heteroatoms. The third kappa shape index (κ3) is 5.29. The van der Waals surface area contributed by atoms with Crippen LogP contribution < -0.4 is 10.6 Å². The summed E-state index contributed by atoms with van der Waals surface area (Å²) in [6.07, 6.45) is 1.60. The molecule has 2 N–H and O–H groups in total. The van der Waals surface area contributed by atoms with E-state index in [-0.39, 0.29) is 29.8 Å². The number of halogens is 2. The first-order chi connectivity index (χ1) is 13.6. The third-order valence-corrected chi connectivity index (χ3v) is 4.76. The number of benzene rings is 1. The fraction of sp³-hybridized carbons (Fsp3) is 0.429. The minimum atomic E-state index is -0.266. The summed E-state index contributed by atoms with van der Waals surface area (Å²) in [5.41, 5.74) is 3.62. The van der Waals surface area contributed by atoms with Crippen molar-refractivity contribution in [1.82, 2.24) is 15.8 Å². The summed E-state index contributed by atoms with van der Waals surface area (Å²) in [6, 6.07) is 4.57. The van der Waals surface area contributed by atoms with Gasteiger partial charge in [-0.05, 0) is 38.5 Å². The van der Waals surface area contributed by atoms with Gasteiger partial charge in [0.05, 0.1) is 18.8 Å². The summed E-state index contributed by atoms with van der Waals surface area (Å²) in [6.45, 7) is 9.74. The molecule has 0 unspecified atom stereocenters. The first kappa shape index (κ1) is 23.2. The number of aliphatic imine (C=N–C) groups is 1. The first-order valence-electron chi connectivity index (χ1n) is 9.73. The van der Waals surface area contributed by atoms with Crippen molar-refractivity contribution in [2.24, 2.45) is 4.99 Å². The van der Waals surface area contributed by atoms with Crippen LogP contribution in [-0.4, -0.2) is 17.7 Å². The second-order valence-electron chi connectivity index (χ2n) is 6.58. The maximum Gasteiger partial charge on any atom is 0.191 e. The molecule has 3 rings (SSSR count). The van der Waals surface area contributed by atoms with Crippen LogP contribution in [0, 0.1) is 12.7 Å². The Morgan fingerprint density at radius 1 is 1.14 bits per heavy atom.